The zero-order valence-corrected chi connectivity index (χ0v) is 13.6. The molecule has 4 rings (SSSR count). The minimum Gasteiger partial charge on any atom is -0.486 e. The first-order valence-corrected chi connectivity index (χ1v) is 8.55. The number of nitrogens with two attached hydrogens (primary N) is 1. The molecule has 5 nitrogen and oxygen atoms in total. The van der Waals surface area contributed by atoms with Crippen molar-refractivity contribution >= 4 is 5.91 Å². The molecule has 2 aliphatic heterocycles. The number of carbonyl (C=O) groups is 1. The lowest BCUT2D eigenvalue weighted by molar-refractivity contribution is -0.120. The lowest BCUT2D eigenvalue weighted by Crippen LogP contribution is -2.48. The molecular weight excluding hydrogens is 292 g/mol. The molecule has 1 saturated carbocycles. The summed E-state index contributed by atoms with van der Waals surface area (Å²) in [7, 11) is 0. The van der Waals surface area contributed by atoms with E-state index in [1.54, 1.807) is 0 Å². The van der Waals surface area contributed by atoms with E-state index in [0.29, 0.717) is 19.8 Å². The first-order valence-electron chi connectivity index (χ1n) is 8.55. The Morgan fingerprint density at radius 3 is 2.57 bits per heavy atom. The van der Waals surface area contributed by atoms with Crippen LogP contribution < -0.4 is 15.2 Å². The summed E-state index contributed by atoms with van der Waals surface area (Å²) >= 11 is 0. The highest BCUT2D eigenvalue weighted by molar-refractivity contribution is 5.76. The van der Waals surface area contributed by atoms with Gasteiger partial charge in [0.25, 0.3) is 0 Å². The van der Waals surface area contributed by atoms with Gasteiger partial charge in [-0.05, 0) is 43.0 Å². The number of rotatable bonds is 2. The van der Waals surface area contributed by atoms with E-state index in [4.69, 9.17) is 15.2 Å². The normalized spacial score (nSPS) is 25.3. The number of amides is 1. The summed E-state index contributed by atoms with van der Waals surface area (Å²) in [6, 6.07) is 4.49. The maximum absolute atomic E-state index is 11.5. The molecule has 3 aliphatic rings. The van der Waals surface area contributed by atoms with E-state index in [0.717, 1.165) is 18.0 Å². The minimum atomic E-state index is -0.258. The van der Waals surface area contributed by atoms with Crippen molar-refractivity contribution in [1.82, 2.24) is 4.90 Å². The maximum Gasteiger partial charge on any atom is 0.231 e. The lowest BCUT2D eigenvalue weighted by Gasteiger charge is -2.46. The SMILES string of the molecule is CC1c2cc3c(cc2C2(CCCC2)CN1CC(N)=O)OCCO3. The summed E-state index contributed by atoms with van der Waals surface area (Å²) in [5.41, 5.74) is 8.27. The van der Waals surface area contributed by atoms with Gasteiger partial charge in [-0.25, -0.2) is 0 Å². The van der Waals surface area contributed by atoms with Crippen molar-refractivity contribution in [1.29, 1.82) is 0 Å². The number of fused-ring (bicyclic) bond motifs is 3. The summed E-state index contributed by atoms with van der Waals surface area (Å²) in [5, 5.41) is 0. The van der Waals surface area contributed by atoms with E-state index in [-0.39, 0.29) is 17.4 Å². The van der Waals surface area contributed by atoms with Crippen LogP contribution in [0.5, 0.6) is 11.5 Å². The molecule has 0 radical (unpaired) electrons. The van der Waals surface area contributed by atoms with Gasteiger partial charge in [0.2, 0.25) is 5.91 Å². The highest BCUT2D eigenvalue weighted by atomic mass is 16.6. The molecule has 124 valence electrons. The second kappa shape index (κ2) is 5.41. The van der Waals surface area contributed by atoms with Gasteiger partial charge >= 0.3 is 0 Å². The number of hydrogen-bond donors (Lipinski definition) is 1. The van der Waals surface area contributed by atoms with Gasteiger partial charge in [0.05, 0.1) is 6.54 Å². The van der Waals surface area contributed by atoms with E-state index in [1.165, 1.54) is 36.8 Å². The van der Waals surface area contributed by atoms with Crippen LogP contribution in [0, 0.1) is 0 Å². The maximum atomic E-state index is 11.5. The number of ether oxygens (including phenoxy) is 2. The Morgan fingerprint density at radius 2 is 1.91 bits per heavy atom. The average Bonchev–Trinajstić information content (AvgIpc) is 3.00. The Balaban J connectivity index is 1.82. The molecule has 1 fully saturated rings. The fourth-order valence-electron chi connectivity index (χ4n) is 4.59. The number of hydrogen-bond acceptors (Lipinski definition) is 4. The van der Waals surface area contributed by atoms with Crippen LogP contribution in [0.4, 0.5) is 0 Å². The molecule has 1 aromatic carbocycles. The Labute approximate surface area is 136 Å². The molecule has 5 heteroatoms. The van der Waals surface area contributed by atoms with E-state index in [9.17, 15) is 4.79 Å². The standard InChI is InChI=1S/C18H24N2O3/c1-12-13-8-15-16(23-7-6-22-15)9-14(13)18(4-2-3-5-18)11-20(12)10-17(19)21/h8-9,12H,2-7,10-11H2,1H3,(H2,19,21). The fraction of sp³-hybridized carbons (Fsp3) is 0.611. The molecule has 1 aromatic rings. The van der Waals surface area contributed by atoms with Gasteiger partial charge in [-0.3, -0.25) is 9.69 Å². The van der Waals surface area contributed by atoms with Gasteiger partial charge in [0.15, 0.2) is 11.5 Å². The average molecular weight is 316 g/mol. The largest absolute Gasteiger partial charge is 0.486 e. The van der Waals surface area contributed by atoms with Gasteiger partial charge < -0.3 is 15.2 Å². The predicted molar refractivity (Wildman–Crippen MR) is 86.8 cm³/mol. The predicted octanol–water partition coefficient (Wildman–Crippen LogP) is 2.13. The van der Waals surface area contributed by atoms with Crippen LogP contribution in [0.3, 0.4) is 0 Å². The van der Waals surface area contributed by atoms with Gasteiger partial charge in [-0.15, -0.1) is 0 Å². The van der Waals surface area contributed by atoms with Crippen molar-refractivity contribution in [2.45, 2.75) is 44.1 Å². The fourth-order valence-corrected chi connectivity index (χ4v) is 4.59. The number of benzene rings is 1. The van der Waals surface area contributed by atoms with Gasteiger partial charge in [-0.1, -0.05) is 12.8 Å². The summed E-state index contributed by atoms with van der Waals surface area (Å²) < 4.78 is 11.6. The molecular formula is C18H24N2O3. The third-order valence-electron chi connectivity index (χ3n) is 5.71. The zero-order chi connectivity index (χ0) is 16.0. The first-order chi connectivity index (χ1) is 11.1. The number of primary amides is 1. The molecule has 2 heterocycles. The van der Waals surface area contributed by atoms with Crippen molar-refractivity contribution < 1.29 is 14.3 Å². The van der Waals surface area contributed by atoms with Crippen LogP contribution in [0.2, 0.25) is 0 Å². The Hall–Kier alpha value is -1.75. The van der Waals surface area contributed by atoms with Crippen LogP contribution in [-0.2, 0) is 10.2 Å². The highest BCUT2D eigenvalue weighted by Gasteiger charge is 2.45. The molecule has 0 bridgehead atoms. The Morgan fingerprint density at radius 1 is 1.26 bits per heavy atom. The lowest BCUT2D eigenvalue weighted by atomic mass is 9.71. The monoisotopic (exact) mass is 316 g/mol. The molecule has 0 saturated heterocycles. The summed E-state index contributed by atoms with van der Waals surface area (Å²) in [5.74, 6) is 1.44. The topological polar surface area (TPSA) is 64.8 Å². The number of nitrogens with zero attached hydrogens (tertiary/aromatic N) is 1. The number of carbonyl (C=O) groups excluding carboxylic acids is 1. The second-order valence-electron chi connectivity index (χ2n) is 7.12. The zero-order valence-electron chi connectivity index (χ0n) is 13.6. The van der Waals surface area contributed by atoms with Crippen molar-refractivity contribution in [3.8, 4) is 11.5 Å². The third-order valence-corrected chi connectivity index (χ3v) is 5.71. The molecule has 1 unspecified atom stereocenters. The molecule has 2 N–H and O–H groups in total. The summed E-state index contributed by atoms with van der Waals surface area (Å²) in [4.78, 5) is 13.7. The van der Waals surface area contributed by atoms with Crippen molar-refractivity contribution in [3.05, 3.63) is 23.3 Å². The first kappa shape index (κ1) is 14.8. The van der Waals surface area contributed by atoms with Crippen LogP contribution in [0.15, 0.2) is 12.1 Å². The van der Waals surface area contributed by atoms with Crippen LogP contribution in [0.1, 0.15) is 49.8 Å². The molecule has 1 amide bonds. The molecule has 1 spiro atoms. The second-order valence-corrected chi connectivity index (χ2v) is 7.12. The van der Waals surface area contributed by atoms with Gasteiger partial charge in [-0.2, -0.15) is 0 Å². The Kier molecular flexibility index (Phi) is 3.48. The molecule has 23 heavy (non-hydrogen) atoms. The Bertz CT molecular complexity index is 637. The van der Waals surface area contributed by atoms with Crippen molar-refractivity contribution in [2.24, 2.45) is 5.73 Å². The van der Waals surface area contributed by atoms with Crippen LogP contribution in [-0.4, -0.2) is 37.1 Å². The summed E-state index contributed by atoms with van der Waals surface area (Å²) in [6.45, 7) is 4.58. The van der Waals surface area contributed by atoms with Crippen LogP contribution in [0.25, 0.3) is 0 Å². The quantitative estimate of drug-likeness (QED) is 0.908. The molecule has 0 aromatic heterocycles. The van der Waals surface area contributed by atoms with Crippen molar-refractivity contribution in [3.63, 3.8) is 0 Å². The smallest absolute Gasteiger partial charge is 0.231 e. The van der Waals surface area contributed by atoms with Crippen LogP contribution >= 0.6 is 0 Å². The summed E-state index contributed by atoms with van der Waals surface area (Å²) in [6.07, 6.45) is 4.82. The van der Waals surface area contributed by atoms with Crippen molar-refractivity contribution in [2.75, 3.05) is 26.3 Å². The molecule has 1 atom stereocenters. The van der Waals surface area contributed by atoms with E-state index in [2.05, 4.69) is 24.0 Å². The molecule has 1 aliphatic carbocycles. The minimum absolute atomic E-state index is 0.132. The van der Waals surface area contributed by atoms with Gasteiger partial charge in [0, 0.05) is 18.0 Å². The third kappa shape index (κ3) is 2.38. The highest BCUT2D eigenvalue weighted by Crippen LogP contribution is 2.51. The van der Waals surface area contributed by atoms with E-state index in [1.807, 2.05) is 0 Å². The van der Waals surface area contributed by atoms with E-state index >= 15 is 0 Å². The van der Waals surface area contributed by atoms with Gasteiger partial charge in [0.1, 0.15) is 13.2 Å². The van der Waals surface area contributed by atoms with E-state index < -0.39 is 0 Å².